The van der Waals surface area contributed by atoms with Crippen molar-refractivity contribution in [2.75, 3.05) is 26.1 Å². The third kappa shape index (κ3) is 3.88. The van der Waals surface area contributed by atoms with Gasteiger partial charge in [-0.05, 0) is 61.6 Å². The monoisotopic (exact) mass is 476 g/mol. The van der Waals surface area contributed by atoms with Gasteiger partial charge in [-0.15, -0.1) is 0 Å². The molecule has 5 rings (SSSR count). The minimum atomic E-state index is -0.369. The number of ketones is 1. The molecule has 35 heavy (non-hydrogen) atoms. The third-order valence-corrected chi connectivity index (χ3v) is 6.75. The van der Waals surface area contributed by atoms with Gasteiger partial charge in [0.25, 0.3) is 0 Å². The number of anilines is 1. The number of rotatable bonds is 6. The molecule has 8 nitrogen and oxygen atoms in total. The molecule has 0 fully saturated rings. The molecule has 8 heteroatoms. The number of benzene rings is 2. The number of Topliss-reactive ketones (excluding diaryl/α,β-unsaturated/α-hetero) is 1. The van der Waals surface area contributed by atoms with Crippen LogP contribution in [0.2, 0.25) is 0 Å². The fourth-order valence-corrected chi connectivity index (χ4v) is 5.13. The number of hydrogen-bond donors (Lipinski definition) is 2. The van der Waals surface area contributed by atoms with E-state index in [9.17, 15) is 9.90 Å². The summed E-state index contributed by atoms with van der Waals surface area (Å²) in [6.45, 7) is 4.14. The quantitative estimate of drug-likeness (QED) is 0.509. The first-order valence-corrected chi connectivity index (χ1v) is 11.6. The number of fused-ring (bicyclic) bond motifs is 1. The lowest BCUT2D eigenvalue weighted by atomic mass is 9.72. The van der Waals surface area contributed by atoms with Gasteiger partial charge in [-0.25, -0.2) is 0 Å². The number of aromatic hydroxyl groups is 1. The number of methoxy groups -OCH3 is 2. The van der Waals surface area contributed by atoms with E-state index in [1.54, 1.807) is 26.4 Å². The molecule has 2 heterocycles. The molecule has 0 spiro atoms. The van der Waals surface area contributed by atoms with Crippen LogP contribution in [0.25, 0.3) is 0 Å². The Labute approximate surface area is 203 Å². The van der Waals surface area contributed by atoms with Crippen molar-refractivity contribution in [3.05, 3.63) is 70.1 Å². The summed E-state index contributed by atoms with van der Waals surface area (Å²) in [5.41, 5.74) is 4.91. The summed E-state index contributed by atoms with van der Waals surface area (Å²) in [6, 6.07) is 11.0. The summed E-state index contributed by atoms with van der Waals surface area (Å²) in [5.74, 6) is 1.92. The number of carbonyl (C=O) groups excluding carboxylic acids is 1. The van der Waals surface area contributed by atoms with Gasteiger partial charge in [-0.1, -0.05) is 17.3 Å². The van der Waals surface area contributed by atoms with E-state index in [1.807, 2.05) is 38.1 Å². The summed E-state index contributed by atoms with van der Waals surface area (Å²) in [6.07, 6.45) is 0.991. The lowest BCUT2D eigenvalue weighted by Crippen LogP contribution is -2.29. The van der Waals surface area contributed by atoms with Crippen molar-refractivity contribution in [3.63, 3.8) is 0 Å². The molecule has 182 valence electrons. The van der Waals surface area contributed by atoms with Crippen molar-refractivity contribution in [2.24, 2.45) is 0 Å². The molecule has 1 aliphatic heterocycles. The molecule has 2 N–H and O–H groups in total. The SMILES string of the molecule is CCOc1cc([C@@H]2C3=C(C[C@@H](c4ccc(OC)c(OC)c4)CC3=O)Nc3onc(C)c32)ccc1O. The van der Waals surface area contributed by atoms with Crippen LogP contribution in [0.1, 0.15) is 54.0 Å². The van der Waals surface area contributed by atoms with Crippen LogP contribution in [0.4, 0.5) is 5.88 Å². The van der Waals surface area contributed by atoms with Gasteiger partial charge in [0.2, 0.25) is 5.88 Å². The number of aromatic nitrogens is 1. The minimum absolute atomic E-state index is 0.0291. The molecular formula is C27H28N2O6. The van der Waals surface area contributed by atoms with Crippen LogP contribution >= 0.6 is 0 Å². The number of ether oxygens (including phenoxy) is 3. The predicted molar refractivity (Wildman–Crippen MR) is 130 cm³/mol. The molecule has 2 aliphatic rings. The van der Waals surface area contributed by atoms with Crippen molar-refractivity contribution in [1.29, 1.82) is 0 Å². The fraction of sp³-hybridized carbons (Fsp3) is 0.333. The van der Waals surface area contributed by atoms with Gasteiger partial charge in [0.15, 0.2) is 28.8 Å². The first kappa shape index (κ1) is 22.8. The third-order valence-electron chi connectivity index (χ3n) is 6.75. The van der Waals surface area contributed by atoms with Crippen LogP contribution in [0.3, 0.4) is 0 Å². The normalized spacial score (nSPS) is 19.0. The van der Waals surface area contributed by atoms with Gasteiger partial charge in [-0.2, -0.15) is 0 Å². The van der Waals surface area contributed by atoms with Gasteiger partial charge in [0.05, 0.1) is 32.1 Å². The van der Waals surface area contributed by atoms with Crippen LogP contribution in [-0.2, 0) is 4.79 Å². The summed E-state index contributed by atoms with van der Waals surface area (Å²) in [5, 5.41) is 17.7. The Kier molecular flexibility index (Phi) is 5.88. The molecule has 1 aliphatic carbocycles. The number of aryl methyl sites for hydroxylation is 1. The average Bonchev–Trinajstić information content (AvgIpc) is 3.23. The van der Waals surface area contributed by atoms with Gasteiger partial charge >= 0.3 is 0 Å². The minimum Gasteiger partial charge on any atom is -0.504 e. The zero-order valence-electron chi connectivity index (χ0n) is 20.2. The molecule has 0 saturated carbocycles. The number of nitrogens with zero attached hydrogens (tertiary/aromatic N) is 1. The van der Waals surface area contributed by atoms with Crippen molar-refractivity contribution in [3.8, 4) is 23.0 Å². The van der Waals surface area contributed by atoms with E-state index in [2.05, 4.69) is 10.5 Å². The topological polar surface area (TPSA) is 103 Å². The first-order chi connectivity index (χ1) is 16.9. The Bertz CT molecular complexity index is 1330. The Morgan fingerprint density at radius 1 is 1.06 bits per heavy atom. The first-order valence-electron chi connectivity index (χ1n) is 11.6. The summed E-state index contributed by atoms with van der Waals surface area (Å²) < 4.78 is 22.1. The van der Waals surface area contributed by atoms with Crippen molar-refractivity contribution >= 4 is 11.7 Å². The highest BCUT2D eigenvalue weighted by molar-refractivity contribution is 6.01. The second-order valence-corrected chi connectivity index (χ2v) is 8.76. The molecule has 3 aromatic rings. The second kappa shape index (κ2) is 9.02. The zero-order valence-corrected chi connectivity index (χ0v) is 20.2. The standard InChI is InChI=1S/C27H28N2O6/c1-5-34-22-13-16(6-8-19(22)30)25-24-14(2)29-35-27(24)28-18-10-17(11-20(31)26(18)25)15-7-9-21(32-3)23(12-15)33-4/h6-9,12-13,17,25,28,30H,5,10-11H2,1-4H3/t17-,25+/m1/s1. The fourth-order valence-electron chi connectivity index (χ4n) is 5.13. The average molecular weight is 477 g/mol. The molecular weight excluding hydrogens is 448 g/mol. The zero-order chi connectivity index (χ0) is 24.7. The molecule has 0 saturated heterocycles. The molecule has 0 unspecified atom stereocenters. The maximum Gasteiger partial charge on any atom is 0.233 e. The van der Waals surface area contributed by atoms with E-state index in [1.165, 1.54) is 0 Å². The molecule has 0 bridgehead atoms. The Morgan fingerprint density at radius 3 is 2.54 bits per heavy atom. The molecule has 1 aromatic heterocycles. The van der Waals surface area contributed by atoms with Gasteiger partial charge < -0.3 is 29.2 Å². The van der Waals surface area contributed by atoms with E-state index in [0.29, 0.717) is 53.8 Å². The van der Waals surface area contributed by atoms with Gasteiger partial charge in [0, 0.05) is 23.6 Å². The van der Waals surface area contributed by atoms with E-state index in [0.717, 1.165) is 22.4 Å². The number of carbonyl (C=O) groups is 1. The van der Waals surface area contributed by atoms with Crippen molar-refractivity contribution in [1.82, 2.24) is 5.16 Å². The summed E-state index contributed by atoms with van der Waals surface area (Å²) >= 11 is 0. The van der Waals surface area contributed by atoms with Crippen molar-refractivity contribution < 1.29 is 28.6 Å². The van der Waals surface area contributed by atoms with Gasteiger partial charge in [-0.3, -0.25) is 4.79 Å². The Morgan fingerprint density at radius 2 is 1.80 bits per heavy atom. The molecule has 0 radical (unpaired) electrons. The van der Waals surface area contributed by atoms with Crippen LogP contribution in [0.5, 0.6) is 23.0 Å². The second-order valence-electron chi connectivity index (χ2n) is 8.76. The highest BCUT2D eigenvalue weighted by atomic mass is 16.5. The van der Waals surface area contributed by atoms with Crippen molar-refractivity contribution in [2.45, 2.75) is 38.5 Å². The smallest absolute Gasteiger partial charge is 0.233 e. The van der Waals surface area contributed by atoms with E-state index in [-0.39, 0.29) is 23.4 Å². The highest BCUT2D eigenvalue weighted by Crippen LogP contribution is 2.50. The highest BCUT2D eigenvalue weighted by Gasteiger charge is 2.41. The molecule has 0 amide bonds. The number of nitrogens with one attached hydrogen (secondary N) is 1. The van der Waals surface area contributed by atoms with E-state index < -0.39 is 0 Å². The van der Waals surface area contributed by atoms with Crippen LogP contribution in [0.15, 0.2) is 52.2 Å². The van der Waals surface area contributed by atoms with Crippen LogP contribution < -0.4 is 19.5 Å². The molecule has 2 aromatic carbocycles. The molecule has 2 atom stereocenters. The largest absolute Gasteiger partial charge is 0.504 e. The lowest BCUT2D eigenvalue weighted by molar-refractivity contribution is -0.116. The summed E-state index contributed by atoms with van der Waals surface area (Å²) in [7, 11) is 3.20. The number of hydrogen-bond acceptors (Lipinski definition) is 8. The maximum absolute atomic E-state index is 13.7. The summed E-state index contributed by atoms with van der Waals surface area (Å²) in [4.78, 5) is 13.7. The predicted octanol–water partition coefficient (Wildman–Crippen LogP) is 5.06. The van der Waals surface area contributed by atoms with Gasteiger partial charge in [0.1, 0.15) is 0 Å². The number of phenols is 1. The number of phenolic OH excluding ortho intramolecular Hbond substituents is 1. The Hall–Kier alpha value is -3.94. The Balaban J connectivity index is 1.58. The maximum atomic E-state index is 13.7. The van der Waals surface area contributed by atoms with E-state index in [4.69, 9.17) is 18.7 Å². The lowest BCUT2D eigenvalue weighted by Gasteiger charge is -2.34. The number of allylic oxidation sites excluding steroid dienone is 2. The van der Waals surface area contributed by atoms with Crippen LogP contribution in [0, 0.1) is 6.92 Å². The van der Waals surface area contributed by atoms with Crippen LogP contribution in [-0.4, -0.2) is 36.9 Å². The van der Waals surface area contributed by atoms with E-state index >= 15 is 0 Å².